The van der Waals surface area contributed by atoms with Crippen LogP contribution in [0.1, 0.15) is 22.3 Å². The molecule has 2 N–H and O–H groups in total. The predicted octanol–water partition coefficient (Wildman–Crippen LogP) is 3.18. The molecule has 0 radical (unpaired) electrons. The number of hydrogen-bond acceptors (Lipinski definition) is 3. The van der Waals surface area contributed by atoms with E-state index in [1.54, 1.807) is 24.3 Å². The van der Waals surface area contributed by atoms with Crippen molar-refractivity contribution in [3.63, 3.8) is 0 Å². The molecule has 3 nitrogen and oxygen atoms in total. The van der Waals surface area contributed by atoms with E-state index in [2.05, 4.69) is 6.07 Å². The maximum atomic E-state index is 8.76. The topological polar surface area (TPSA) is 73.6 Å². The van der Waals surface area contributed by atoms with Gasteiger partial charge in [0.1, 0.15) is 0 Å². The van der Waals surface area contributed by atoms with Crippen LogP contribution in [0.4, 0.5) is 5.69 Å². The standard InChI is InChI=1S/C16H11N3/c17-10-13-3-1-12(2-4-13)5-7-15-8-6-14(11-18)9-16(15)19/h1-9H,19H2. The Bertz CT molecular complexity index is 698. The molecule has 0 heterocycles. The zero-order valence-corrected chi connectivity index (χ0v) is 10.2. The molecule has 0 aliphatic rings. The number of nitrogens with two attached hydrogens (primary N) is 1. The van der Waals surface area contributed by atoms with Gasteiger partial charge in [0, 0.05) is 5.69 Å². The molecule has 0 unspecified atom stereocenters. The summed E-state index contributed by atoms with van der Waals surface area (Å²) in [5.41, 5.74) is 9.47. The Labute approximate surface area is 111 Å². The molecular weight excluding hydrogens is 234 g/mol. The molecule has 0 bridgehead atoms. The Kier molecular flexibility index (Phi) is 3.61. The number of hydrogen-bond donors (Lipinski definition) is 1. The molecule has 2 aromatic carbocycles. The highest BCUT2D eigenvalue weighted by atomic mass is 14.6. The average Bonchev–Trinajstić information content (AvgIpc) is 2.46. The van der Waals surface area contributed by atoms with Crippen LogP contribution in [0.2, 0.25) is 0 Å². The van der Waals surface area contributed by atoms with E-state index in [0.717, 1.165) is 11.1 Å². The first-order valence-corrected chi connectivity index (χ1v) is 5.71. The lowest BCUT2D eigenvalue weighted by atomic mass is 10.1. The van der Waals surface area contributed by atoms with Crippen LogP contribution in [-0.4, -0.2) is 0 Å². The number of nitrogens with zero attached hydrogens (tertiary/aromatic N) is 2. The summed E-state index contributed by atoms with van der Waals surface area (Å²) in [6, 6.07) is 16.6. The smallest absolute Gasteiger partial charge is 0.0992 e. The van der Waals surface area contributed by atoms with Crippen molar-refractivity contribution in [2.75, 3.05) is 5.73 Å². The SMILES string of the molecule is N#Cc1ccc(C=Cc2ccc(C#N)cc2N)cc1. The van der Waals surface area contributed by atoms with Crippen molar-refractivity contribution in [3.05, 3.63) is 64.7 Å². The van der Waals surface area contributed by atoms with Crippen LogP contribution in [-0.2, 0) is 0 Å². The number of nitriles is 2. The largest absolute Gasteiger partial charge is 0.398 e. The fourth-order valence-electron chi connectivity index (χ4n) is 1.65. The molecular formula is C16H11N3. The first-order valence-electron chi connectivity index (χ1n) is 5.71. The highest BCUT2D eigenvalue weighted by molar-refractivity contribution is 5.76. The van der Waals surface area contributed by atoms with Crippen LogP contribution in [0.5, 0.6) is 0 Å². The fourth-order valence-corrected chi connectivity index (χ4v) is 1.65. The van der Waals surface area contributed by atoms with E-state index >= 15 is 0 Å². The molecule has 19 heavy (non-hydrogen) atoms. The van der Waals surface area contributed by atoms with Gasteiger partial charge in [-0.15, -0.1) is 0 Å². The van der Waals surface area contributed by atoms with E-state index < -0.39 is 0 Å². The summed E-state index contributed by atoms with van der Waals surface area (Å²) >= 11 is 0. The van der Waals surface area contributed by atoms with Crippen LogP contribution < -0.4 is 5.73 Å². The third-order valence-corrected chi connectivity index (χ3v) is 2.71. The van der Waals surface area contributed by atoms with E-state index in [0.29, 0.717) is 16.8 Å². The second-order valence-electron chi connectivity index (χ2n) is 4.02. The van der Waals surface area contributed by atoms with Crippen LogP contribution in [0, 0.1) is 22.7 Å². The lowest BCUT2D eigenvalue weighted by Gasteiger charge is -2.00. The van der Waals surface area contributed by atoms with E-state index in [1.807, 2.05) is 36.4 Å². The highest BCUT2D eigenvalue weighted by Crippen LogP contribution is 2.17. The van der Waals surface area contributed by atoms with Gasteiger partial charge in [-0.1, -0.05) is 30.4 Å². The second-order valence-corrected chi connectivity index (χ2v) is 4.02. The quantitative estimate of drug-likeness (QED) is 0.652. The summed E-state index contributed by atoms with van der Waals surface area (Å²) in [6.07, 6.45) is 3.80. The van der Waals surface area contributed by atoms with Gasteiger partial charge in [0.15, 0.2) is 0 Å². The van der Waals surface area contributed by atoms with E-state index in [-0.39, 0.29) is 0 Å². The van der Waals surface area contributed by atoms with Crippen LogP contribution in [0.25, 0.3) is 12.2 Å². The molecule has 3 heteroatoms. The molecule has 2 aromatic rings. The molecule has 0 atom stereocenters. The van der Waals surface area contributed by atoms with E-state index in [9.17, 15) is 0 Å². The third kappa shape index (κ3) is 3.00. The third-order valence-electron chi connectivity index (χ3n) is 2.71. The summed E-state index contributed by atoms with van der Waals surface area (Å²) in [6.45, 7) is 0. The first-order chi connectivity index (χ1) is 9.22. The number of anilines is 1. The second kappa shape index (κ2) is 5.53. The lowest BCUT2D eigenvalue weighted by Crippen LogP contribution is -1.90. The minimum atomic E-state index is 0.549. The van der Waals surface area contributed by atoms with Gasteiger partial charge in [0.25, 0.3) is 0 Å². The maximum Gasteiger partial charge on any atom is 0.0992 e. The van der Waals surface area contributed by atoms with Gasteiger partial charge in [-0.3, -0.25) is 0 Å². The zero-order chi connectivity index (χ0) is 13.7. The van der Waals surface area contributed by atoms with Gasteiger partial charge in [-0.2, -0.15) is 10.5 Å². The van der Waals surface area contributed by atoms with Gasteiger partial charge in [-0.05, 0) is 35.4 Å². The van der Waals surface area contributed by atoms with Crippen molar-refractivity contribution in [1.82, 2.24) is 0 Å². The molecule has 2 rings (SSSR count). The number of rotatable bonds is 2. The van der Waals surface area contributed by atoms with Crippen LogP contribution in [0.15, 0.2) is 42.5 Å². The maximum absolute atomic E-state index is 8.76. The Hall–Kier alpha value is -3.04. The van der Waals surface area contributed by atoms with Crippen LogP contribution >= 0.6 is 0 Å². The van der Waals surface area contributed by atoms with Gasteiger partial charge < -0.3 is 5.73 Å². The lowest BCUT2D eigenvalue weighted by molar-refractivity contribution is 1.48. The van der Waals surface area contributed by atoms with Crippen molar-refractivity contribution < 1.29 is 0 Å². The van der Waals surface area contributed by atoms with Crippen molar-refractivity contribution in [2.24, 2.45) is 0 Å². The summed E-state index contributed by atoms with van der Waals surface area (Å²) in [4.78, 5) is 0. The summed E-state index contributed by atoms with van der Waals surface area (Å²) in [7, 11) is 0. The normalized spacial score (nSPS) is 10.0. The van der Waals surface area contributed by atoms with Gasteiger partial charge in [0.2, 0.25) is 0 Å². The molecule has 0 saturated heterocycles. The average molecular weight is 245 g/mol. The van der Waals surface area contributed by atoms with E-state index in [1.165, 1.54) is 0 Å². The van der Waals surface area contributed by atoms with Crippen molar-refractivity contribution in [3.8, 4) is 12.1 Å². The molecule has 0 spiro atoms. The number of benzene rings is 2. The van der Waals surface area contributed by atoms with Crippen molar-refractivity contribution >= 4 is 17.8 Å². The summed E-state index contributed by atoms with van der Waals surface area (Å²) < 4.78 is 0. The van der Waals surface area contributed by atoms with Gasteiger partial charge in [-0.25, -0.2) is 0 Å². The zero-order valence-electron chi connectivity index (χ0n) is 10.2. The molecule has 0 amide bonds. The minimum Gasteiger partial charge on any atom is -0.398 e. The first kappa shape index (κ1) is 12.4. The minimum absolute atomic E-state index is 0.549. The van der Waals surface area contributed by atoms with Crippen molar-refractivity contribution in [2.45, 2.75) is 0 Å². The van der Waals surface area contributed by atoms with E-state index in [4.69, 9.17) is 16.3 Å². The Morgan fingerprint density at radius 1 is 0.842 bits per heavy atom. The Morgan fingerprint density at radius 2 is 1.47 bits per heavy atom. The monoisotopic (exact) mass is 245 g/mol. The summed E-state index contributed by atoms with van der Waals surface area (Å²) in [5.74, 6) is 0. The van der Waals surface area contributed by atoms with Gasteiger partial charge in [0.05, 0.1) is 23.3 Å². The fraction of sp³-hybridized carbons (Fsp3) is 0. The Morgan fingerprint density at radius 3 is 2.05 bits per heavy atom. The van der Waals surface area contributed by atoms with Crippen molar-refractivity contribution in [1.29, 1.82) is 10.5 Å². The molecule has 0 aromatic heterocycles. The Balaban J connectivity index is 2.23. The number of nitrogen functional groups attached to an aromatic ring is 1. The highest BCUT2D eigenvalue weighted by Gasteiger charge is 1.97. The predicted molar refractivity (Wildman–Crippen MR) is 75.7 cm³/mol. The molecule has 0 aliphatic heterocycles. The molecule has 90 valence electrons. The summed E-state index contributed by atoms with van der Waals surface area (Å²) in [5, 5.41) is 17.5. The molecule has 0 aliphatic carbocycles. The molecule has 0 saturated carbocycles. The molecule has 0 fully saturated rings. The van der Waals surface area contributed by atoms with Gasteiger partial charge >= 0.3 is 0 Å². The van der Waals surface area contributed by atoms with Crippen LogP contribution in [0.3, 0.4) is 0 Å².